The number of carbonyl (C=O) groups is 2. The molecule has 1 N–H and O–H groups in total. The zero-order chi connectivity index (χ0) is 23.2. The SMILES string of the molecule is Cc1ccc(C2=C(Nc3ccc(F)c(F)c3)C(=O)N(c3ccc(C)c(Cl)c3)C2=O)c(C)c1. The van der Waals surface area contributed by atoms with Crippen LogP contribution in [-0.2, 0) is 9.59 Å². The number of nitrogens with zero attached hydrogens (tertiary/aromatic N) is 1. The summed E-state index contributed by atoms with van der Waals surface area (Å²) in [7, 11) is 0. The molecule has 0 saturated heterocycles. The predicted molar refractivity (Wildman–Crippen MR) is 121 cm³/mol. The minimum absolute atomic E-state index is 0.0235. The Balaban J connectivity index is 1.87. The molecule has 7 heteroatoms. The van der Waals surface area contributed by atoms with Gasteiger partial charge in [-0.3, -0.25) is 9.59 Å². The lowest BCUT2D eigenvalue weighted by molar-refractivity contribution is -0.120. The number of rotatable bonds is 4. The number of imide groups is 1. The van der Waals surface area contributed by atoms with Gasteiger partial charge >= 0.3 is 0 Å². The molecule has 32 heavy (non-hydrogen) atoms. The van der Waals surface area contributed by atoms with Crippen molar-refractivity contribution in [3.05, 3.63) is 99.2 Å². The smallest absolute Gasteiger partial charge is 0.282 e. The van der Waals surface area contributed by atoms with Crippen LogP contribution in [-0.4, -0.2) is 11.8 Å². The van der Waals surface area contributed by atoms with E-state index in [4.69, 9.17) is 11.6 Å². The lowest BCUT2D eigenvalue weighted by Gasteiger charge is -2.16. The third kappa shape index (κ3) is 3.78. The molecule has 2 amide bonds. The predicted octanol–water partition coefficient (Wildman–Crippen LogP) is 5.94. The van der Waals surface area contributed by atoms with Gasteiger partial charge in [-0.05, 0) is 61.7 Å². The molecular formula is C25H19ClF2N2O2. The van der Waals surface area contributed by atoms with Crippen LogP contribution in [0.1, 0.15) is 22.3 Å². The van der Waals surface area contributed by atoms with Crippen molar-refractivity contribution in [2.45, 2.75) is 20.8 Å². The number of amides is 2. The largest absolute Gasteiger partial charge is 0.350 e. The normalized spacial score (nSPS) is 13.9. The summed E-state index contributed by atoms with van der Waals surface area (Å²) in [6.45, 7) is 5.58. The van der Waals surface area contributed by atoms with Crippen molar-refractivity contribution in [3.63, 3.8) is 0 Å². The lowest BCUT2D eigenvalue weighted by atomic mass is 9.97. The summed E-state index contributed by atoms with van der Waals surface area (Å²) in [4.78, 5) is 27.9. The van der Waals surface area contributed by atoms with Crippen molar-refractivity contribution in [1.82, 2.24) is 0 Å². The average molecular weight is 453 g/mol. The molecule has 4 rings (SSSR count). The summed E-state index contributed by atoms with van der Waals surface area (Å²) < 4.78 is 27.2. The molecule has 162 valence electrons. The Morgan fingerprint density at radius 3 is 2.22 bits per heavy atom. The zero-order valence-electron chi connectivity index (χ0n) is 17.6. The van der Waals surface area contributed by atoms with Crippen LogP contribution in [0, 0.1) is 32.4 Å². The number of nitrogens with one attached hydrogen (secondary N) is 1. The van der Waals surface area contributed by atoms with E-state index in [1.54, 1.807) is 24.3 Å². The first-order valence-corrected chi connectivity index (χ1v) is 10.2. The maximum Gasteiger partial charge on any atom is 0.282 e. The summed E-state index contributed by atoms with van der Waals surface area (Å²) in [5, 5.41) is 3.25. The molecule has 0 aromatic heterocycles. The quantitative estimate of drug-likeness (QED) is 0.498. The van der Waals surface area contributed by atoms with Crippen LogP contribution < -0.4 is 10.2 Å². The second-order valence-electron chi connectivity index (χ2n) is 7.70. The molecule has 0 unspecified atom stereocenters. The van der Waals surface area contributed by atoms with Crippen molar-refractivity contribution in [2.24, 2.45) is 0 Å². The molecule has 0 bridgehead atoms. The topological polar surface area (TPSA) is 49.4 Å². The molecule has 0 radical (unpaired) electrons. The average Bonchev–Trinajstić information content (AvgIpc) is 2.97. The second kappa shape index (κ2) is 8.20. The number of benzene rings is 3. The molecular weight excluding hydrogens is 434 g/mol. The van der Waals surface area contributed by atoms with E-state index in [2.05, 4.69) is 5.32 Å². The molecule has 1 aliphatic rings. The Morgan fingerprint density at radius 1 is 0.812 bits per heavy atom. The fraction of sp³-hybridized carbons (Fsp3) is 0.120. The Morgan fingerprint density at radius 2 is 1.56 bits per heavy atom. The van der Waals surface area contributed by atoms with Crippen LogP contribution in [0.4, 0.5) is 20.2 Å². The third-order valence-corrected chi connectivity index (χ3v) is 5.74. The number of anilines is 2. The molecule has 0 spiro atoms. The van der Waals surface area contributed by atoms with Crippen molar-refractivity contribution >= 4 is 40.4 Å². The van der Waals surface area contributed by atoms with E-state index < -0.39 is 23.4 Å². The van der Waals surface area contributed by atoms with Gasteiger partial charge in [-0.1, -0.05) is 41.4 Å². The standard InChI is InChI=1S/C25H19ClF2N2O2/c1-13-4-8-18(15(3)10-13)22-23(29-16-6-9-20(27)21(28)11-16)25(32)30(24(22)31)17-7-5-14(2)19(26)12-17/h4-12,29H,1-3H3. The highest BCUT2D eigenvalue weighted by atomic mass is 35.5. The van der Waals surface area contributed by atoms with Gasteiger partial charge in [0.15, 0.2) is 11.6 Å². The summed E-state index contributed by atoms with van der Waals surface area (Å²) in [6.07, 6.45) is 0. The summed E-state index contributed by atoms with van der Waals surface area (Å²) in [5.74, 6) is -3.23. The first kappa shape index (κ1) is 21.7. The van der Waals surface area contributed by atoms with Crippen molar-refractivity contribution in [3.8, 4) is 0 Å². The van der Waals surface area contributed by atoms with Crippen molar-refractivity contribution in [2.75, 3.05) is 10.2 Å². The number of halogens is 3. The van der Waals surface area contributed by atoms with Gasteiger partial charge in [0.05, 0.1) is 11.3 Å². The minimum atomic E-state index is -1.07. The molecule has 0 atom stereocenters. The van der Waals surface area contributed by atoms with E-state index in [1.165, 1.54) is 6.07 Å². The fourth-order valence-electron chi connectivity index (χ4n) is 3.66. The summed E-state index contributed by atoms with van der Waals surface area (Å²) in [6, 6.07) is 13.6. The minimum Gasteiger partial charge on any atom is -0.350 e. The lowest BCUT2D eigenvalue weighted by Crippen LogP contribution is -2.32. The van der Waals surface area contributed by atoms with Gasteiger partial charge in [0.2, 0.25) is 0 Å². The van der Waals surface area contributed by atoms with E-state index in [-0.39, 0.29) is 17.0 Å². The number of aryl methyl sites for hydroxylation is 3. The van der Waals surface area contributed by atoms with Crippen molar-refractivity contribution in [1.29, 1.82) is 0 Å². The monoisotopic (exact) mass is 452 g/mol. The molecule has 3 aromatic carbocycles. The molecule has 0 fully saturated rings. The van der Waals surface area contributed by atoms with Crippen molar-refractivity contribution < 1.29 is 18.4 Å². The molecule has 0 saturated carbocycles. The van der Waals surface area contributed by atoms with Gasteiger partial charge in [0.1, 0.15) is 5.70 Å². The summed E-state index contributed by atoms with van der Waals surface area (Å²) in [5.41, 5.74) is 3.76. The highest BCUT2D eigenvalue weighted by Gasteiger charge is 2.41. The van der Waals surface area contributed by atoms with Crippen LogP contribution in [0.25, 0.3) is 5.57 Å². The van der Waals surface area contributed by atoms with E-state index in [1.807, 2.05) is 32.9 Å². The third-order valence-electron chi connectivity index (χ3n) is 5.34. The van der Waals surface area contributed by atoms with Crippen LogP contribution >= 0.6 is 11.6 Å². The Labute approximate surface area is 189 Å². The maximum atomic E-state index is 13.8. The first-order chi connectivity index (χ1) is 15.2. The van der Waals surface area contributed by atoms with E-state index >= 15 is 0 Å². The number of carbonyl (C=O) groups excluding carboxylic acids is 2. The van der Waals surface area contributed by atoms with E-state index in [9.17, 15) is 18.4 Å². The second-order valence-corrected chi connectivity index (χ2v) is 8.11. The Hall–Kier alpha value is -3.51. The van der Waals surface area contributed by atoms with Crippen LogP contribution in [0.2, 0.25) is 5.02 Å². The van der Waals surface area contributed by atoms with E-state index in [0.717, 1.165) is 33.7 Å². The number of hydrogen-bond donors (Lipinski definition) is 1. The molecule has 4 nitrogen and oxygen atoms in total. The van der Waals surface area contributed by atoms with Gasteiger partial charge in [-0.15, -0.1) is 0 Å². The van der Waals surface area contributed by atoms with Gasteiger partial charge in [-0.25, -0.2) is 13.7 Å². The maximum absolute atomic E-state index is 13.8. The van der Waals surface area contributed by atoms with Crippen LogP contribution in [0.3, 0.4) is 0 Å². The summed E-state index contributed by atoms with van der Waals surface area (Å²) >= 11 is 6.23. The Bertz CT molecular complexity index is 1320. The molecule has 1 aliphatic heterocycles. The zero-order valence-corrected chi connectivity index (χ0v) is 18.3. The first-order valence-electron chi connectivity index (χ1n) is 9.86. The molecule has 3 aromatic rings. The highest BCUT2D eigenvalue weighted by molar-refractivity contribution is 6.46. The van der Waals surface area contributed by atoms with Gasteiger partial charge < -0.3 is 5.32 Å². The van der Waals surface area contributed by atoms with Gasteiger partial charge in [-0.2, -0.15) is 0 Å². The fourth-order valence-corrected chi connectivity index (χ4v) is 3.84. The Kier molecular flexibility index (Phi) is 5.57. The van der Waals surface area contributed by atoms with Gasteiger partial charge in [0.25, 0.3) is 11.8 Å². The van der Waals surface area contributed by atoms with Crippen LogP contribution in [0.15, 0.2) is 60.3 Å². The number of hydrogen-bond acceptors (Lipinski definition) is 3. The van der Waals surface area contributed by atoms with Crippen LogP contribution in [0.5, 0.6) is 0 Å². The highest BCUT2D eigenvalue weighted by Crippen LogP contribution is 2.36. The van der Waals surface area contributed by atoms with Gasteiger partial charge in [0, 0.05) is 16.8 Å². The molecule has 1 heterocycles. The van der Waals surface area contributed by atoms with E-state index in [0.29, 0.717) is 16.3 Å². The molecule has 0 aliphatic carbocycles.